The van der Waals surface area contributed by atoms with E-state index in [2.05, 4.69) is 16.3 Å². The maximum atomic E-state index is 12.5. The topological polar surface area (TPSA) is 45.2 Å². The van der Waals surface area contributed by atoms with Gasteiger partial charge in [0.05, 0.1) is 22.2 Å². The number of nitrogens with one attached hydrogen (secondary N) is 1. The first-order valence-corrected chi connectivity index (χ1v) is 8.01. The number of carbonyl (C=O) groups excluding carboxylic acids is 1. The van der Waals surface area contributed by atoms with Crippen LogP contribution in [-0.4, -0.2) is 35.4 Å². The second-order valence-electron chi connectivity index (χ2n) is 5.56. The van der Waals surface area contributed by atoms with Gasteiger partial charge in [-0.15, -0.1) is 11.3 Å². The second-order valence-corrected chi connectivity index (χ2v) is 6.63. The van der Waals surface area contributed by atoms with E-state index in [0.29, 0.717) is 5.91 Å². The number of fused-ring (bicyclic) bond motifs is 1. The molecule has 0 saturated carbocycles. The Morgan fingerprint density at radius 3 is 2.95 bits per heavy atom. The van der Waals surface area contributed by atoms with Gasteiger partial charge in [0.25, 0.3) is 0 Å². The van der Waals surface area contributed by atoms with Crippen molar-refractivity contribution in [3.8, 4) is 0 Å². The maximum absolute atomic E-state index is 12.5. The molecule has 3 heterocycles. The van der Waals surface area contributed by atoms with Crippen LogP contribution in [0.4, 0.5) is 0 Å². The summed E-state index contributed by atoms with van der Waals surface area (Å²) in [5.74, 6) is 0.496. The number of para-hydroxylation sites is 1. The minimum absolute atomic E-state index is 0.185. The van der Waals surface area contributed by atoms with Crippen molar-refractivity contribution < 1.29 is 4.79 Å². The number of benzene rings is 1. The summed E-state index contributed by atoms with van der Waals surface area (Å²) < 4.78 is 1.21. The van der Waals surface area contributed by atoms with Crippen molar-refractivity contribution in [1.29, 1.82) is 0 Å². The summed E-state index contributed by atoms with van der Waals surface area (Å²) in [4.78, 5) is 19.3. The Hall–Kier alpha value is -1.46. The Morgan fingerprint density at radius 2 is 2.20 bits per heavy atom. The SMILES string of the molecule is O=C(C1CNC1)N1CCCC1c1nc2ccccc2s1. The Balaban J connectivity index is 1.63. The molecule has 1 unspecified atom stereocenters. The molecule has 1 atom stereocenters. The van der Waals surface area contributed by atoms with Crippen LogP contribution >= 0.6 is 11.3 Å². The number of nitrogens with zero attached hydrogens (tertiary/aromatic N) is 2. The van der Waals surface area contributed by atoms with E-state index in [0.717, 1.165) is 43.0 Å². The molecular formula is C15H17N3OS. The summed E-state index contributed by atoms with van der Waals surface area (Å²) in [6.45, 7) is 2.56. The third kappa shape index (κ3) is 1.93. The van der Waals surface area contributed by atoms with Gasteiger partial charge in [0, 0.05) is 19.6 Å². The fourth-order valence-corrected chi connectivity index (χ4v) is 4.13. The molecular weight excluding hydrogens is 270 g/mol. The zero-order valence-electron chi connectivity index (χ0n) is 11.2. The van der Waals surface area contributed by atoms with Crippen molar-refractivity contribution in [2.24, 2.45) is 5.92 Å². The first-order chi connectivity index (χ1) is 9.83. The van der Waals surface area contributed by atoms with Crippen LogP contribution in [0.2, 0.25) is 0 Å². The Bertz CT molecular complexity index is 616. The molecule has 0 bridgehead atoms. The zero-order chi connectivity index (χ0) is 13.5. The van der Waals surface area contributed by atoms with Crippen molar-refractivity contribution in [2.75, 3.05) is 19.6 Å². The lowest BCUT2D eigenvalue weighted by Crippen LogP contribution is -2.51. The van der Waals surface area contributed by atoms with E-state index < -0.39 is 0 Å². The van der Waals surface area contributed by atoms with E-state index in [4.69, 9.17) is 4.98 Å². The smallest absolute Gasteiger partial charge is 0.228 e. The molecule has 0 aliphatic carbocycles. The van der Waals surface area contributed by atoms with Gasteiger partial charge in [0.15, 0.2) is 0 Å². The molecule has 2 fully saturated rings. The normalized spacial score (nSPS) is 23.2. The van der Waals surface area contributed by atoms with Crippen molar-refractivity contribution in [3.05, 3.63) is 29.3 Å². The van der Waals surface area contributed by atoms with E-state index >= 15 is 0 Å². The third-order valence-electron chi connectivity index (χ3n) is 4.26. The van der Waals surface area contributed by atoms with E-state index in [1.54, 1.807) is 11.3 Å². The summed E-state index contributed by atoms with van der Waals surface area (Å²) >= 11 is 1.73. The molecule has 2 aromatic rings. The van der Waals surface area contributed by atoms with Crippen molar-refractivity contribution in [1.82, 2.24) is 15.2 Å². The summed E-state index contributed by atoms with van der Waals surface area (Å²) in [7, 11) is 0. The number of hydrogen-bond acceptors (Lipinski definition) is 4. The summed E-state index contributed by atoms with van der Waals surface area (Å²) in [6, 6.07) is 8.41. The highest BCUT2D eigenvalue weighted by atomic mass is 32.1. The predicted octanol–water partition coefficient (Wildman–Crippen LogP) is 2.18. The standard InChI is InChI=1S/C15H17N3OS/c19-15(10-8-16-9-10)18-7-3-5-12(18)14-17-11-4-1-2-6-13(11)20-14/h1-2,4,6,10,12,16H,3,5,7-9H2. The van der Waals surface area contributed by atoms with Gasteiger partial charge in [0.2, 0.25) is 5.91 Å². The van der Waals surface area contributed by atoms with Crippen LogP contribution in [0.15, 0.2) is 24.3 Å². The van der Waals surface area contributed by atoms with Gasteiger partial charge in [0.1, 0.15) is 5.01 Å². The summed E-state index contributed by atoms with van der Waals surface area (Å²) in [6.07, 6.45) is 2.14. The molecule has 2 saturated heterocycles. The first kappa shape index (κ1) is 12.3. The molecule has 1 aromatic carbocycles. The lowest BCUT2D eigenvalue weighted by molar-refractivity contribution is -0.138. The average Bonchev–Trinajstić information content (AvgIpc) is 3.02. The maximum Gasteiger partial charge on any atom is 0.228 e. The lowest BCUT2D eigenvalue weighted by atomic mass is 10.0. The van der Waals surface area contributed by atoms with Crippen LogP contribution in [0, 0.1) is 5.92 Å². The monoisotopic (exact) mass is 287 g/mol. The minimum atomic E-state index is 0.185. The molecule has 4 nitrogen and oxygen atoms in total. The van der Waals surface area contributed by atoms with E-state index in [9.17, 15) is 4.79 Å². The number of rotatable bonds is 2. The molecule has 4 rings (SSSR count). The number of likely N-dealkylation sites (tertiary alicyclic amines) is 1. The molecule has 20 heavy (non-hydrogen) atoms. The fraction of sp³-hybridized carbons (Fsp3) is 0.467. The van der Waals surface area contributed by atoms with Crippen LogP contribution in [0.1, 0.15) is 23.9 Å². The summed E-state index contributed by atoms with van der Waals surface area (Å²) in [5, 5.41) is 4.28. The first-order valence-electron chi connectivity index (χ1n) is 7.19. The highest BCUT2D eigenvalue weighted by Crippen LogP contribution is 2.37. The molecule has 2 aliphatic rings. The lowest BCUT2D eigenvalue weighted by Gasteiger charge is -2.32. The van der Waals surface area contributed by atoms with Crippen LogP contribution in [0.5, 0.6) is 0 Å². The molecule has 5 heteroatoms. The molecule has 0 radical (unpaired) electrons. The zero-order valence-corrected chi connectivity index (χ0v) is 12.0. The van der Waals surface area contributed by atoms with E-state index in [1.807, 2.05) is 18.2 Å². The predicted molar refractivity (Wildman–Crippen MR) is 79.7 cm³/mol. The molecule has 0 spiro atoms. The Labute approximate surface area is 121 Å². The van der Waals surface area contributed by atoms with Gasteiger partial charge in [-0.3, -0.25) is 4.79 Å². The van der Waals surface area contributed by atoms with Gasteiger partial charge >= 0.3 is 0 Å². The van der Waals surface area contributed by atoms with E-state index in [-0.39, 0.29) is 12.0 Å². The second kappa shape index (κ2) is 4.82. The minimum Gasteiger partial charge on any atom is -0.333 e. The largest absolute Gasteiger partial charge is 0.333 e. The third-order valence-corrected chi connectivity index (χ3v) is 5.40. The number of thiazole rings is 1. The van der Waals surface area contributed by atoms with Gasteiger partial charge in [-0.05, 0) is 25.0 Å². The number of carbonyl (C=O) groups is 1. The Kier molecular flexibility index (Phi) is 2.97. The fourth-order valence-electron chi connectivity index (χ4n) is 3.02. The van der Waals surface area contributed by atoms with Gasteiger partial charge in [-0.2, -0.15) is 0 Å². The number of amides is 1. The van der Waals surface area contributed by atoms with Gasteiger partial charge in [-0.25, -0.2) is 4.98 Å². The molecule has 1 N–H and O–H groups in total. The molecule has 2 aliphatic heterocycles. The summed E-state index contributed by atoms with van der Waals surface area (Å²) in [5.41, 5.74) is 1.05. The van der Waals surface area contributed by atoms with Crippen LogP contribution in [-0.2, 0) is 4.79 Å². The van der Waals surface area contributed by atoms with Crippen molar-refractivity contribution in [2.45, 2.75) is 18.9 Å². The highest BCUT2D eigenvalue weighted by molar-refractivity contribution is 7.18. The van der Waals surface area contributed by atoms with Crippen molar-refractivity contribution >= 4 is 27.5 Å². The van der Waals surface area contributed by atoms with Gasteiger partial charge < -0.3 is 10.2 Å². The van der Waals surface area contributed by atoms with Crippen LogP contribution in [0.3, 0.4) is 0 Å². The van der Waals surface area contributed by atoms with Crippen LogP contribution < -0.4 is 5.32 Å². The van der Waals surface area contributed by atoms with E-state index in [1.165, 1.54) is 4.70 Å². The molecule has 1 amide bonds. The quantitative estimate of drug-likeness (QED) is 0.921. The number of hydrogen-bond donors (Lipinski definition) is 1. The van der Waals surface area contributed by atoms with Crippen molar-refractivity contribution in [3.63, 3.8) is 0 Å². The molecule has 1 aromatic heterocycles. The number of aromatic nitrogens is 1. The highest BCUT2D eigenvalue weighted by Gasteiger charge is 2.37. The van der Waals surface area contributed by atoms with Crippen LogP contribution in [0.25, 0.3) is 10.2 Å². The van der Waals surface area contributed by atoms with Gasteiger partial charge in [-0.1, -0.05) is 12.1 Å². The Morgan fingerprint density at radius 1 is 1.35 bits per heavy atom. The average molecular weight is 287 g/mol. The molecule has 104 valence electrons.